The second-order valence-corrected chi connectivity index (χ2v) is 8.05. The van der Waals surface area contributed by atoms with Crippen LogP contribution in [0.5, 0.6) is 17.4 Å². The molecule has 38 heavy (non-hydrogen) atoms. The SMILES string of the molecule is O=C(/C=C/c1ccc(F)cc1)c1ccc(OCCCOC(=O)c2ccnc(Oc3ccc(F)cc3)c2)cc1. The van der Waals surface area contributed by atoms with Crippen LogP contribution in [0, 0.1) is 11.6 Å². The first-order valence-electron chi connectivity index (χ1n) is 11.7. The van der Waals surface area contributed by atoms with Gasteiger partial charge in [0.2, 0.25) is 5.88 Å². The number of hydrogen-bond donors (Lipinski definition) is 0. The molecule has 0 saturated carbocycles. The molecule has 6 nitrogen and oxygen atoms in total. The molecule has 0 saturated heterocycles. The number of nitrogens with zero attached hydrogens (tertiary/aromatic N) is 1. The lowest BCUT2D eigenvalue weighted by atomic mass is 10.1. The van der Waals surface area contributed by atoms with Crippen molar-refractivity contribution >= 4 is 17.8 Å². The molecule has 0 spiro atoms. The lowest BCUT2D eigenvalue weighted by Crippen LogP contribution is -2.09. The van der Waals surface area contributed by atoms with Crippen molar-refractivity contribution < 1.29 is 32.6 Å². The first kappa shape index (κ1) is 26.2. The number of hydrogen-bond acceptors (Lipinski definition) is 6. The van der Waals surface area contributed by atoms with E-state index in [-0.39, 0.29) is 35.5 Å². The number of carbonyl (C=O) groups is 2. The van der Waals surface area contributed by atoms with Crippen molar-refractivity contribution in [3.05, 3.63) is 126 Å². The topological polar surface area (TPSA) is 74.7 Å². The minimum atomic E-state index is -0.534. The maximum absolute atomic E-state index is 13.0. The number of halogens is 2. The van der Waals surface area contributed by atoms with Crippen molar-refractivity contribution in [1.29, 1.82) is 0 Å². The summed E-state index contributed by atoms with van der Waals surface area (Å²) in [4.78, 5) is 28.7. The van der Waals surface area contributed by atoms with Gasteiger partial charge in [-0.2, -0.15) is 0 Å². The zero-order valence-corrected chi connectivity index (χ0v) is 20.2. The van der Waals surface area contributed by atoms with Gasteiger partial charge in [-0.05, 0) is 78.4 Å². The van der Waals surface area contributed by atoms with Gasteiger partial charge in [-0.3, -0.25) is 4.79 Å². The summed E-state index contributed by atoms with van der Waals surface area (Å²) in [5, 5.41) is 0. The number of ether oxygens (including phenoxy) is 3. The van der Waals surface area contributed by atoms with Crippen LogP contribution in [0.15, 0.2) is 97.2 Å². The van der Waals surface area contributed by atoms with Crippen LogP contribution in [0.2, 0.25) is 0 Å². The molecule has 3 aromatic carbocycles. The Labute approximate surface area is 218 Å². The number of allylic oxidation sites excluding steroid dienone is 1. The molecule has 1 heterocycles. The number of benzene rings is 3. The van der Waals surface area contributed by atoms with Crippen molar-refractivity contribution in [3.63, 3.8) is 0 Å². The Hall–Kier alpha value is -4.85. The third-order valence-corrected chi connectivity index (χ3v) is 5.23. The van der Waals surface area contributed by atoms with E-state index in [1.807, 2.05) is 0 Å². The molecular weight excluding hydrogens is 492 g/mol. The highest BCUT2D eigenvalue weighted by atomic mass is 19.1. The first-order chi connectivity index (χ1) is 18.5. The van der Waals surface area contributed by atoms with Gasteiger partial charge in [-0.25, -0.2) is 18.6 Å². The van der Waals surface area contributed by atoms with Crippen LogP contribution in [0.25, 0.3) is 6.08 Å². The molecule has 0 bridgehead atoms. The van der Waals surface area contributed by atoms with Crippen LogP contribution in [0.4, 0.5) is 8.78 Å². The Bertz CT molecular complexity index is 1400. The molecule has 0 N–H and O–H groups in total. The summed E-state index contributed by atoms with van der Waals surface area (Å²) in [6.07, 6.45) is 4.93. The van der Waals surface area contributed by atoms with Gasteiger partial charge in [0.05, 0.1) is 18.8 Å². The Kier molecular flexibility index (Phi) is 8.91. The van der Waals surface area contributed by atoms with E-state index in [0.717, 1.165) is 5.56 Å². The van der Waals surface area contributed by atoms with Gasteiger partial charge >= 0.3 is 5.97 Å². The van der Waals surface area contributed by atoms with Crippen LogP contribution in [-0.2, 0) is 4.74 Å². The number of aromatic nitrogens is 1. The Balaban J connectivity index is 1.18. The number of rotatable bonds is 11. The Morgan fingerprint density at radius 1 is 0.763 bits per heavy atom. The lowest BCUT2D eigenvalue weighted by molar-refractivity contribution is 0.0485. The predicted octanol–water partition coefficient (Wildman–Crippen LogP) is 6.67. The summed E-state index contributed by atoms with van der Waals surface area (Å²) in [6, 6.07) is 20.9. The molecule has 0 atom stereocenters. The minimum absolute atomic E-state index is 0.139. The normalized spacial score (nSPS) is 10.8. The van der Waals surface area contributed by atoms with Crippen molar-refractivity contribution in [2.75, 3.05) is 13.2 Å². The molecule has 0 aliphatic heterocycles. The average Bonchev–Trinajstić information content (AvgIpc) is 2.94. The summed E-state index contributed by atoms with van der Waals surface area (Å²) in [5.41, 5.74) is 1.49. The summed E-state index contributed by atoms with van der Waals surface area (Å²) < 4.78 is 42.5. The molecule has 4 rings (SSSR count). The lowest BCUT2D eigenvalue weighted by Gasteiger charge is -2.09. The maximum atomic E-state index is 13.0. The standard InChI is InChI=1S/C30H23F2NO5/c31-24-7-2-21(3-8-24)4-15-28(34)22-5-11-26(12-6-22)36-18-1-19-37-30(35)23-16-17-33-29(20-23)38-27-13-9-25(32)10-14-27/h2-17,20H,1,18-19H2/b15-4+. The molecule has 1 aromatic heterocycles. The molecule has 8 heteroatoms. The molecule has 4 aromatic rings. The van der Waals surface area contributed by atoms with Crippen LogP contribution >= 0.6 is 0 Å². The van der Waals surface area contributed by atoms with Crippen LogP contribution in [-0.4, -0.2) is 30.0 Å². The van der Waals surface area contributed by atoms with E-state index >= 15 is 0 Å². The van der Waals surface area contributed by atoms with E-state index in [4.69, 9.17) is 14.2 Å². The second kappa shape index (κ2) is 12.9. The quantitative estimate of drug-likeness (QED) is 0.0961. The largest absolute Gasteiger partial charge is 0.493 e. The fraction of sp³-hybridized carbons (Fsp3) is 0.100. The molecule has 0 amide bonds. The van der Waals surface area contributed by atoms with Crippen molar-refractivity contribution in [2.45, 2.75) is 6.42 Å². The molecule has 0 aliphatic carbocycles. The van der Waals surface area contributed by atoms with Gasteiger partial charge in [0.15, 0.2) is 5.78 Å². The van der Waals surface area contributed by atoms with Gasteiger partial charge < -0.3 is 14.2 Å². The van der Waals surface area contributed by atoms with Crippen LogP contribution < -0.4 is 9.47 Å². The van der Waals surface area contributed by atoms with Gasteiger partial charge in [-0.1, -0.05) is 18.2 Å². The van der Waals surface area contributed by atoms with Gasteiger partial charge in [0.1, 0.15) is 23.1 Å². The first-order valence-corrected chi connectivity index (χ1v) is 11.7. The summed E-state index contributed by atoms with van der Waals surface area (Å²) >= 11 is 0. The molecule has 0 radical (unpaired) electrons. The predicted molar refractivity (Wildman–Crippen MR) is 137 cm³/mol. The highest BCUT2D eigenvalue weighted by Crippen LogP contribution is 2.20. The number of ketones is 1. The van der Waals surface area contributed by atoms with Gasteiger partial charge in [0.25, 0.3) is 0 Å². The highest BCUT2D eigenvalue weighted by molar-refractivity contribution is 6.06. The molecule has 0 unspecified atom stereocenters. The van der Waals surface area contributed by atoms with Gasteiger partial charge in [-0.15, -0.1) is 0 Å². The van der Waals surface area contributed by atoms with Gasteiger partial charge in [0, 0.05) is 24.2 Å². The van der Waals surface area contributed by atoms with Crippen molar-refractivity contribution in [2.24, 2.45) is 0 Å². The zero-order chi connectivity index (χ0) is 26.7. The number of carbonyl (C=O) groups excluding carboxylic acids is 2. The second-order valence-electron chi connectivity index (χ2n) is 8.05. The molecular formula is C30H23F2NO5. The smallest absolute Gasteiger partial charge is 0.338 e. The van der Waals surface area contributed by atoms with Crippen molar-refractivity contribution in [1.82, 2.24) is 4.98 Å². The average molecular weight is 516 g/mol. The monoisotopic (exact) mass is 515 g/mol. The van der Waals surface area contributed by atoms with E-state index in [9.17, 15) is 18.4 Å². The maximum Gasteiger partial charge on any atom is 0.338 e. The van der Waals surface area contributed by atoms with E-state index in [2.05, 4.69) is 4.98 Å². The summed E-state index contributed by atoms with van der Waals surface area (Å²) in [5.74, 6) is -0.288. The Morgan fingerprint density at radius 2 is 1.42 bits per heavy atom. The fourth-order valence-electron chi connectivity index (χ4n) is 3.27. The van der Waals surface area contributed by atoms with Crippen LogP contribution in [0.1, 0.15) is 32.7 Å². The van der Waals surface area contributed by atoms with Crippen molar-refractivity contribution in [3.8, 4) is 17.4 Å². The zero-order valence-electron chi connectivity index (χ0n) is 20.2. The number of pyridine rings is 1. The summed E-state index contributed by atoms with van der Waals surface area (Å²) in [7, 11) is 0. The highest BCUT2D eigenvalue weighted by Gasteiger charge is 2.10. The van der Waals surface area contributed by atoms with E-state index in [1.54, 1.807) is 42.5 Å². The third-order valence-electron chi connectivity index (χ3n) is 5.23. The van der Waals surface area contributed by atoms with E-state index in [0.29, 0.717) is 30.1 Å². The summed E-state index contributed by atoms with van der Waals surface area (Å²) in [6.45, 7) is 0.445. The Morgan fingerprint density at radius 3 is 2.13 bits per heavy atom. The fourth-order valence-corrected chi connectivity index (χ4v) is 3.27. The van der Waals surface area contributed by atoms with E-state index < -0.39 is 5.97 Å². The molecule has 0 fully saturated rings. The number of esters is 1. The van der Waals surface area contributed by atoms with Crippen LogP contribution in [0.3, 0.4) is 0 Å². The third kappa shape index (κ3) is 7.83. The molecule has 0 aliphatic rings. The van der Waals surface area contributed by atoms with E-state index in [1.165, 1.54) is 60.8 Å². The minimum Gasteiger partial charge on any atom is -0.493 e. The molecule has 192 valence electrons.